The van der Waals surface area contributed by atoms with Crippen LogP contribution >= 0.6 is 0 Å². The normalized spacial score (nSPS) is 19.9. The predicted octanol–water partition coefficient (Wildman–Crippen LogP) is 4.25. The van der Waals surface area contributed by atoms with Gasteiger partial charge in [-0.3, -0.25) is 9.69 Å². The van der Waals surface area contributed by atoms with Crippen molar-refractivity contribution in [1.82, 2.24) is 4.90 Å². The summed E-state index contributed by atoms with van der Waals surface area (Å²) in [7, 11) is 0. The van der Waals surface area contributed by atoms with Gasteiger partial charge in [-0.2, -0.15) is 0 Å². The molecule has 0 spiro atoms. The molecule has 2 aliphatic rings. The van der Waals surface area contributed by atoms with E-state index in [0.29, 0.717) is 0 Å². The van der Waals surface area contributed by atoms with Crippen LogP contribution in [0.3, 0.4) is 0 Å². The lowest BCUT2D eigenvalue weighted by Gasteiger charge is -2.34. The fourth-order valence-electron chi connectivity index (χ4n) is 4.58. The van der Waals surface area contributed by atoms with Gasteiger partial charge >= 0.3 is 5.97 Å². The Balaban J connectivity index is 1.52. The number of fused-ring (bicyclic) bond motifs is 2. The second-order valence-electron chi connectivity index (χ2n) is 7.65. The van der Waals surface area contributed by atoms with Gasteiger partial charge < -0.3 is 10.0 Å². The number of hydrogen-bond donors (Lipinski definition) is 1. The number of hydrogen-bond acceptors (Lipinski definition) is 3. The maximum Gasteiger partial charge on any atom is 0.320 e. The van der Waals surface area contributed by atoms with E-state index in [0.717, 1.165) is 58.2 Å². The maximum atomic E-state index is 11.6. The molecule has 2 aromatic rings. The van der Waals surface area contributed by atoms with Gasteiger partial charge in [0, 0.05) is 24.5 Å². The first-order valence-electron chi connectivity index (χ1n) is 10.1. The Hall–Kier alpha value is -2.33. The van der Waals surface area contributed by atoms with Gasteiger partial charge in [0.25, 0.3) is 0 Å². The highest BCUT2D eigenvalue weighted by molar-refractivity contribution is 5.73. The third-order valence-corrected chi connectivity index (χ3v) is 5.95. The monoisotopic (exact) mass is 364 g/mol. The van der Waals surface area contributed by atoms with Gasteiger partial charge in [-0.1, -0.05) is 42.8 Å². The number of benzene rings is 2. The van der Waals surface area contributed by atoms with Gasteiger partial charge in [0.1, 0.15) is 6.04 Å². The Morgan fingerprint density at radius 1 is 0.926 bits per heavy atom. The molecule has 1 unspecified atom stereocenters. The molecule has 0 amide bonds. The SMILES string of the molecule is O=C(O)C1CCCCN1CCCN1c2ccccc2CCc2ccccc21. The Morgan fingerprint density at radius 3 is 2.19 bits per heavy atom. The minimum atomic E-state index is -0.667. The highest BCUT2D eigenvalue weighted by Gasteiger charge is 2.28. The van der Waals surface area contributed by atoms with Crippen LogP contribution in [0, 0.1) is 0 Å². The maximum absolute atomic E-state index is 11.6. The molecule has 4 nitrogen and oxygen atoms in total. The molecule has 2 aromatic carbocycles. The summed E-state index contributed by atoms with van der Waals surface area (Å²) in [6.45, 7) is 2.67. The molecule has 0 bridgehead atoms. The fourth-order valence-corrected chi connectivity index (χ4v) is 4.58. The number of rotatable bonds is 5. The van der Waals surface area contributed by atoms with Gasteiger partial charge in [-0.05, 0) is 61.9 Å². The van der Waals surface area contributed by atoms with Crippen LogP contribution in [0.4, 0.5) is 11.4 Å². The van der Waals surface area contributed by atoms with Crippen molar-refractivity contribution in [3.8, 4) is 0 Å². The summed E-state index contributed by atoms with van der Waals surface area (Å²) in [5.41, 5.74) is 5.40. The van der Waals surface area contributed by atoms with Crippen LogP contribution in [-0.2, 0) is 17.6 Å². The van der Waals surface area contributed by atoms with Crippen molar-refractivity contribution >= 4 is 17.3 Å². The molecule has 1 fully saturated rings. The second-order valence-corrected chi connectivity index (χ2v) is 7.65. The predicted molar refractivity (Wildman–Crippen MR) is 109 cm³/mol. The molecule has 0 aromatic heterocycles. The first kappa shape index (κ1) is 18.1. The summed E-state index contributed by atoms with van der Waals surface area (Å²) in [6.07, 6.45) is 6.02. The summed E-state index contributed by atoms with van der Waals surface area (Å²) in [6, 6.07) is 17.1. The Kier molecular flexibility index (Phi) is 5.44. The van der Waals surface area contributed by atoms with Crippen LogP contribution in [0.1, 0.15) is 36.8 Å². The molecule has 1 saturated heterocycles. The largest absolute Gasteiger partial charge is 0.480 e. The fraction of sp³-hybridized carbons (Fsp3) is 0.435. The number of aliphatic carboxylic acids is 1. The molecule has 1 atom stereocenters. The van der Waals surface area contributed by atoms with Crippen LogP contribution in [0.2, 0.25) is 0 Å². The summed E-state index contributed by atoms with van der Waals surface area (Å²) in [5.74, 6) is -0.667. The number of piperidine rings is 1. The van der Waals surface area contributed by atoms with Crippen LogP contribution in [-0.4, -0.2) is 41.7 Å². The van der Waals surface area contributed by atoms with Crippen LogP contribution in [0.25, 0.3) is 0 Å². The highest BCUT2D eigenvalue weighted by Crippen LogP contribution is 2.36. The van der Waals surface area contributed by atoms with Gasteiger partial charge in [0.05, 0.1) is 0 Å². The van der Waals surface area contributed by atoms with Crippen molar-refractivity contribution in [2.75, 3.05) is 24.5 Å². The zero-order chi connectivity index (χ0) is 18.6. The van der Waals surface area contributed by atoms with Gasteiger partial charge in [0.2, 0.25) is 0 Å². The minimum absolute atomic E-state index is 0.303. The molecule has 4 heteroatoms. The topological polar surface area (TPSA) is 43.8 Å². The van der Waals surface area contributed by atoms with Crippen molar-refractivity contribution in [3.63, 3.8) is 0 Å². The number of carboxylic acids is 1. The lowest BCUT2D eigenvalue weighted by atomic mass is 10.0. The van der Waals surface area contributed by atoms with Gasteiger partial charge in [0.15, 0.2) is 0 Å². The lowest BCUT2D eigenvalue weighted by molar-refractivity contribution is -0.144. The molecule has 27 heavy (non-hydrogen) atoms. The first-order valence-corrected chi connectivity index (χ1v) is 10.1. The van der Waals surface area contributed by atoms with E-state index in [-0.39, 0.29) is 6.04 Å². The molecule has 0 radical (unpaired) electrons. The molecular weight excluding hydrogens is 336 g/mol. The third kappa shape index (κ3) is 3.86. The van der Waals surface area contributed by atoms with Crippen LogP contribution in [0.5, 0.6) is 0 Å². The number of carboxylic acid groups (broad SMARTS) is 1. The number of nitrogens with zero attached hydrogens (tertiary/aromatic N) is 2. The molecule has 0 aliphatic carbocycles. The molecule has 2 aliphatic heterocycles. The van der Waals surface area contributed by atoms with E-state index in [1.165, 1.54) is 22.5 Å². The van der Waals surface area contributed by atoms with Crippen LogP contribution in [0.15, 0.2) is 48.5 Å². The zero-order valence-electron chi connectivity index (χ0n) is 15.8. The minimum Gasteiger partial charge on any atom is -0.480 e. The summed E-state index contributed by atoms with van der Waals surface area (Å²) < 4.78 is 0. The molecule has 142 valence electrons. The van der Waals surface area contributed by atoms with Crippen LogP contribution < -0.4 is 4.90 Å². The Labute approximate surface area is 161 Å². The average Bonchev–Trinajstić information content (AvgIpc) is 2.86. The molecule has 2 heterocycles. The number of carbonyl (C=O) groups is 1. The third-order valence-electron chi connectivity index (χ3n) is 5.95. The summed E-state index contributed by atoms with van der Waals surface area (Å²) >= 11 is 0. The van der Waals surface area contributed by atoms with Crippen molar-refractivity contribution in [2.24, 2.45) is 0 Å². The number of para-hydroxylation sites is 2. The van der Waals surface area contributed by atoms with E-state index >= 15 is 0 Å². The van der Waals surface area contributed by atoms with E-state index in [1.807, 2.05) is 0 Å². The van der Waals surface area contributed by atoms with Crippen molar-refractivity contribution in [3.05, 3.63) is 59.7 Å². The number of anilines is 2. The van der Waals surface area contributed by atoms with E-state index in [2.05, 4.69) is 58.3 Å². The van der Waals surface area contributed by atoms with Crippen molar-refractivity contribution < 1.29 is 9.90 Å². The molecule has 1 N–H and O–H groups in total. The summed E-state index contributed by atoms with van der Waals surface area (Å²) in [5, 5.41) is 9.50. The van der Waals surface area contributed by atoms with Gasteiger partial charge in [-0.15, -0.1) is 0 Å². The zero-order valence-corrected chi connectivity index (χ0v) is 15.8. The molecular formula is C23H28N2O2. The van der Waals surface area contributed by atoms with E-state index in [1.54, 1.807) is 0 Å². The average molecular weight is 364 g/mol. The first-order chi connectivity index (χ1) is 13.2. The van der Waals surface area contributed by atoms with E-state index in [4.69, 9.17) is 0 Å². The quantitative estimate of drug-likeness (QED) is 0.861. The standard InChI is InChI=1S/C23H28N2O2/c26-23(27)22-12-5-6-15-24(22)16-7-17-25-20-10-3-1-8-18(20)13-14-19-9-2-4-11-21(19)25/h1-4,8-11,22H,5-7,12-17H2,(H,26,27). The highest BCUT2D eigenvalue weighted by atomic mass is 16.4. The van der Waals surface area contributed by atoms with Crippen molar-refractivity contribution in [2.45, 2.75) is 44.6 Å². The Bertz CT molecular complexity index is 757. The van der Waals surface area contributed by atoms with E-state index in [9.17, 15) is 9.90 Å². The lowest BCUT2D eigenvalue weighted by Crippen LogP contribution is -2.45. The second kappa shape index (κ2) is 8.13. The van der Waals surface area contributed by atoms with E-state index < -0.39 is 5.97 Å². The number of aryl methyl sites for hydroxylation is 2. The number of likely N-dealkylation sites (tertiary alicyclic amines) is 1. The Morgan fingerprint density at radius 2 is 1.56 bits per heavy atom. The van der Waals surface area contributed by atoms with Gasteiger partial charge in [-0.25, -0.2) is 0 Å². The molecule has 0 saturated carbocycles. The smallest absolute Gasteiger partial charge is 0.320 e. The van der Waals surface area contributed by atoms with Crippen molar-refractivity contribution in [1.29, 1.82) is 0 Å². The summed E-state index contributed by atoms with van der Waals surface area (Å²) in [4.78, 5) is 16.2. The molecule has 4 rings (SSSR count).